The molecule has 1 fully saturated rings. The third-order valence-corrected chi connectivity index (χ3v) is 4.41. The van der Waals surface area contributed by atoms with Gasteiger partial charge < -0.3 is 19.9 Å². The molecule has 1 saturated heterocycles. The first-order valence-electron chi connectivity index (χ1n) is 9.01. The van der Waals surface area contributed by atoms with Gasteiger partial charge in [-0.2, -0.15) is 0 Å². The van der Waals surface area contributed by atoms with E-state index in [1.54, 1.807) is 11.0 Å². The highest BCUT2D eigenvalue weighted by molar-refractivity contribution is 6.00. The van der Waals surface area contributed by atoms with Crippen molar-refractivity contribution in [2.24, 2.45) is 0 Å². The van der Waals surface area contributed by atoms with Gasteiger partial charge in [0.1, 0.15) is 0 Å². The molecule has 0 radical (unpaired) electrons. The molecule has 0 bridgehead atoms. The number of hydrogen-bond donors (Lipinski definition) is 1. The van der Waals surface area contributed by atoms with Crippen molar-refractivity contribution in [3.8, 4) is 0 Å². The number of morpholine rings is 1. The van der Waals surface area contributed by atoms with Gasteiger partial charge in [0.25, 0.3) is 5.91 Å². The Morgan fingerprint density at radius 2 is 1.76 bits per heavy atom. The van der Waals surface area contributed by atoms with Crippen molar-refractivity contribution in [2.45, 2.75) is 39.9 Å². The summed E-state index contributed by atoms with van der Waals surface area (Å²) in [5.74, 6) is 0.00116. The van der Waals surface area contributed by atoms with Crippen molar-refractivity contribution in [2.75, 3.05) is 38.0 Å². The summed E-state index contributed by atoms with van der Waals surface area (Å²) in [7, 11) is 0. The Hall–Kier alpha value is -2.08. The van der Waals surface area contributed by atoms with E-state index in [9.17, 15) is 9.59 Å². The van der Waals surface area contributed by atoms with Crippen molar-refractivity contribution < 1.29 is 14.3 Å². The van der Waals surface area contributed by atoms with Crippen LogP contribution in [0, 0.1) is 0 Å². The molecule has 1 aliphatic rings. The lowest BCUT2D eigenvalue weighted by molar-refractivity contribution is -0.141. The number of hydrogen-bond acceptors (Lipinski definition) is 4. The molecule has 0 unspecified atom stereocenters. The van der Waals surface area contributed by atoms with Crippen LogP contribution in [0.4, 0.5) is 5.69 Å². The number of benzene rings is 1. The normalized spacial score (nSPS) is 20.2. The van der Waals surface area contributed by atoms with Crippen molar-refractivity contribution in [3.05, 3.63) is 29.8 Å². The molecule has 25 heavy (non-hydrogen) atoms. The lowest BCUT2D eigenvalue weighted by atomic mass is 10.1. The van der Waals surface area contributed by atoms with Gasteiger partial charge in [-0.15, -0.1) is 0 Å². The van der Waals surface area contributed by atoms with Crippen LogP contribution < -0.4 is 5.32 Å². The lowest BCUT2D eigenvalue weighted by Gasteiger charge is -2.35. The summed E-state index contributed by atoms with van der Waals surface area (Å²) >= 11 is 0. The van der Waals surface area contributed by atoms with E-state index >= 15 is 0 Å². The summed E-state index contributed by atoms with van der Waals surface area (Å²) in [5, 5.41) is 3.14. The topological polar surface area (TPSA) is 61.9 Å². The summed E-state index contributed by atoms with van der Waals surface area (Å²) in [6, 6.07) is 7.35. The number of nitrogens with zero attached hydrogens (tertiary/aromatic N) is 2. The van der Waals surface area contributed by atoms with E-state index in [1.807, 2.05) is 50.8 Å². The molecule has 2 amide bonds. The predicted octanol–water partition coefficient (Wildman–Crippen LogP) is 2.22. The van der Waals surface area contributed by atoms with Crippen molar-refractivity contribution in [1.29, 1.82) is 0 Å². The summed E-state index contributed by atoms with van der Waals surface area (Å²) in [6.07, 6.45) is 0.0912. The number of ether oxygens (including phenoxy) is 1. The second kappa shape index (κ2) is 8.85. The molecule has 1 aromatic rings. The third-order valence-electron chi connectivity index (χ3n) is 4.41. The number of nitrogens with one attached hydrogen (secondary N) is 1. The van der Waals surface area contributed by atoms with Crippen LogP contribution in [0.15, 0.2) is 24.3 Å². The van der Waals surface area contributed by atoms with Gasteiger partial charge in [-0.05, 0) is 39.8 Å². The Morgan fingerprint density at radius 3 is 2.36 bits per heavy atom. The first kappa shape index (κ1) is 19.2. The molecule has 1 N–H and O–H groups in total. The number of carbonyl (C=O) groups excluding carboxylic acids is 2. The Morgan fingerprint density at radius 1 is 1.16 bits per heavy atom. The maximum Gasteiger partial charge on any atom is 0.255 e. The standard InChI is InChI=1S/C19H29N3O3/c1-5-21(6-2)19(24)16-9-7-8-10-17(16)20-11-18(23)22-12-14(3)25-15(4)13-22/h7-10,14-15,20H,5-6,11-13H2,1-4H3/t14-,15-/m1/s1. The molecular weight excluding hydrogens is 318 g/mol. The van der Waals surface area contributed by atoms with Crippen molar-refractivity contribution >= 4 is 17.5 Å². The van der Waals surface area contributed by atoms with Crippen LogP contribution in [0.25, 0.3) is 0 Å². The number of anilines is 1. The average Bonchev–Trinajstić information content (AvgIpc) is 2.60. The van der Waals surface area contributed by atoms with E-state index in [-0.39, 0.29) is 30.6 Å². The van der Waals surface area contributed by atoms with Gasteiger partial charge >= 0.3 is 0 Å². The molecule has 1 heterocycles. The van der Waals surface area contributed by atoms with Gasteiger partial charge in [0.2, 0.25) is 5.91 Å². The molecule has 6 heteroatoms. The van der Waals surface area contributed by atoms with Crippen molar-refractivity contribution in [1.82, 2.24) is 9.80 Å². The molecule has 138 valence electrons. The molecule has 1 aromatic carbocycles. The first-order valence-corrected chi connectivity index (χ1v) is 9.01. The zero-order chi connectivity index (χ0) is 18.4. The second-order valence-electron chi connectivity index (χ2n) is 6.43. The lowest BCUT2D eigenvalue weighted by Crippen LogP contribution is -2.49. The molecule has 0 aliphatic carbocycles. The fourth-order valence-corrected chi connectivity index (χ4v) is 3.17. The fraction of sp³-hybridized carbons (Fsp3) is 0.579. The van der Waals surface area contributed by atoms with Crippen LogP contribution in [-0.4, -0.2) is 66.5 Å². The minimum absolute atomic E-state index is 0.0193. The van der Waals surface area contributed by atoms with E-state index < -0.39 is 0 Å². The minimum atomic E-state index is -0.0193. The summed E-state index contributed by atoms with van der Waals surface area (Å²) in [6.45, 7) is 10.6. The highest BCUT2D eigenvalue weighted by atomic mass is 16.5. The van der Waals surface area contributed by atoms with Crippen LogP contribution >= 0.6 is 0 Å². The Balaban J connectivity index is 2.03. The van der Waals surface area contributed by atoms with Gasteiger partial charge in [0, 0.05) is 31.9 Å². The number of carbonyl (C=O) groups is 2. The Bertz CT molecular complexity index is 591. The van der Waals surface area contributed by atoms with Crippen LogP contribution in [-0.2, 0) is 9.53 Å². The quantitative estimate of drug-likeness (QED) is 0.857. The summed E-state index contributed by atoms with van der Waals surface area (Å²) in [4.78, 5) is 28.7. The molecule has 0 saturated carbocycles. The Labute approximate surface area is 150 Å². The Kier molecular flexibility index (Phi) is 6.82. The third kappa shape index (κ3) is 4.95. The zero-order valence-corrected chi connectivity index (χ0v) is 15.6. The van der Waals surface area contributed by atoms with Crippen LogP contribution in [0.5, 0.6) is 0 Å². The fourth-order valence-electron chi connectivity index (χ4n) is 3.17. The van der Waals surface area contributed by atoms with E-state index in [0.717, 1.165) is 0 Å². The monoisotopic (exact) mass is 347 g/mol. The highest BCUT2D eigenvalue weighted by Gasteiger charge is 2.26. The second-order valence-corrected chi connectivity index (χ2v) is 6.43. The van der Waals surface area contributed by atoms with Gasteiger partial charge in [-0.25, -0.2) is 0 Å². The van der Waals surface area contributed by atoms with Crippen LogP contribution in [0.1, 0.15) is 38.1 Å². The maximum absolute atomic E-state index is 12.6. The van der Waals surface area contributed by atoms with E-state index in [4.69, 9.17) is 4.74 Å². The van der Waals surface area contributed by atoms with Gasteiger partial charge in [-0.1, -0.05) is 12.1 Å². The van der Waals surface area contributed by atoms with E-state index in [0.29, 0.717) is 37.4 Å². The number of amides is 2. The number of para-hydroxylation sites is 1. The average molecular weight is 347 g/mol. The van der Waals surface area contributed by atoms with E-state index in [2.05, 4.69) is 5.32 Å². The van der Waals surface area contributed by atoms with E-state index in [1.165, 1.54) is 0 Å². The number of rotatable bonds is 6. The summed E-state index contributed by atoms with van der Waals surface area (Å²) < 4.78 is 5.67. The van der Waals surface area contributed by atoms with Crippen molar-refractivity contribution in [3.63, 3.8) is 0 Å². The smallest absolute Gasteiger partial charge is 0.255 e. The molecule has 2 atom stereocenters. The van der Waals surface area contributed by atoms with Gasteiger partial charge in [-0.3, -0.25) is 9.59 Å². The highest BCUT2D eigenvalue weighted by Crippen LogP contribution is 2.18. The minimum Gasteiger partial charge on any atom is -0.376 e. The molecular formula is C19H29N3O3. The predicted molar refractivity (Wildman–Crippen MR) is 98.8 cm³/mol. The molecule has 0 aromatic heterocycles. The summed E-state index contributed by atoms with van der Waals surface area (Å²) in [5.41, 5.74) is 1.30. The first-order chi connectivity index (χ1) is 12.0. The van der Waals surface area contributed by atoms with Gasteiger partial charge in [0.05, 0.1) is 24.3 Å². The van der Waals surface area contributed by atoms with Gasteiger partial charge in [0.15, 0.2) is 0 Å². The molecule has 6 nitrogen and oxygen atoms in total. The zero-order valence-electron chi connectivity index (χ0n) is 15.6. The molecule has 2 rings (SSSR count). The van der Waals surface area contributed by atoms with Crippen LogP contribution in [0.2, 0.25) is 0 Å². The molecule has 0 spiro atoms. The SMILES string of the molecule is CCN(CC)C(=O)c1ccccc1NCC(=O)N1C[C@@H](C)O[C@H](C)C1. The van der Waals surface area contributed by atoms with Crippen LogP contribution in [0.3, 0.4) is 0 Å². The maximum atomic E-state index is 12.6. The molecule has 1 aliphatic heterocycles. The largest absolute Gasteiger partial charge is 0.376 e.